The van der Waals surface area contributed by atoms with Crippen molar-refractivity contribution in [2.75, 3.05) is 6.54 Å². The molecule has 0 spiro atoms. The Labute approximate surface area is 84.4 Å². The molecule has 1 saturated heterocycles. The second-order valence-corrected chi connectivity index (χ2v) is 5.14. The third kappa shape index (κ3) is 1.67. The van der Waals surface area contributed by atoms with Crippen LogP contribution in [0.1, 0.15) is 12.8 Å². The Morgan fingerprint density at radius 1 is 1.14 bits per heavy atom. The lowest BCUT2D eigenvalue weighted by atomic mass is 10.4. The molecule has 0 unspecified atom stereocenters. The lowest BCUT2D eigenvalue weighted by Gasteiger charge is -2.14. The van der Waals surface area contributed by atoms with Crippen LogP contribution < -0.4 is 0 Å². The summed E-state index contributed by atoms with van der Waals surface area (Å²) in [6, 6.07) is 8.54. The molecular formula is C10H12NO2S. The van der Waals surface area contributed by atoms with Crippen LogP contribution in [-0.4, -0.2) is 19.3 Å². The summed E-state index contributed by atoms with van der Waals surface area (Å²) in [5, 5.41) is 0. The first-order valence-corrected chi connectivity index (χ1v) is 6.05. The Hall–Kier alpha value is -0.870. The van der Waals surface area contributed by atoms with Crippen molar-refractivity contribution in [3.63, 3.8) is 0 Å². The van der Waals surface area contributed by atoms with Crippen LogP contribution in [0, 0.1) is 6.54 Å². The van der Waals surface area contributed by atoms with E-state index in [2.05, 4.69) is 0 Å². The van der Waals surface area contributed by atoms with Gasteiger partial charge in [-0.25, -0.2) is 8.42 Å². The Morgan fingerprint density at radius 2 is 1.86 bits per heavy atom. The number of sulfonamides is 1. The molecule has 0 saturated carbocycles. The largest absolute Gasteiger partial charge is 0.243 e. The van der Waals surface area contributed by atoms with E-state index in [4.69, 9.17) is 0 Å². The van der Waals surface area contributed by atoms with Gasteiger partial charge in [0.15, 0.2) is 0 Å². The average molecular weight is 210 g/mol. The zero-order valence-corrected chi connectivity index (χ0v) is 8.57. The minimum Gasteiger partial charge on any atom is -0.207 e. The highest BCUT2D eigenvalue weighted by Crippen LogP contribution is 2.22. The van der Waals surface area contributed by atoms with Gasteiger partial charge in [-0.2, -0.15) is 4.31 Å². The minimum atomic E-state index is -3.26. The summed E-state index contributed by atoms with van der Waals surface area (Å²) in [6.07, 6.45) is 1.78. The van der Waals surface area contributed by atoms with Crippen LogP contribution in [0.2, 0.25) is 0 Å². The fraction of sp³-hybridized carbons (Fsp3) is 0.300. The van der Waals surface area contributed by atoms with E-state index >= 15 is 0 Å². The highest BCUT2D eigenvalue weighted by atomic mass is 32.2. The molecule has 3 nitrogen and oxygen atoms in total. The lowest BCUT2D eigenvalue weighted by Crippen LogP contribution is -2.25. The third-order valence-electron chi connectivity index (χ3n) is 2.27. The molecule has 1 aromatic carbocycles. The van der Waals surface area contributed by atoms with Gasteiger partial charge in [-0.05, 0) is 25.0 Å². The van der Waals surface area contributed by atoms with E-state index in [-0.39, 0.29) is 0 Å². The van der Waals surface area contributed by atoms with Gasteiger partial charge in [0.25, 0.3) is 0 Å². The van der Waals surface area contributed by atoms with E-state index in [0.29, 0.717) is 11.4 Å². The normalized spacial score (nSPS) is 18.6. The second-order valence-electron chi connectivity index (χ2n) is 3.25. The monoisotopic (exact) mass is 210 g/mol. The summed E-state index contributed by atoms with van der Waals surface area (Å²) < 4.78 is 25.3. The van der Waals surface area contributed by atoms with E-state index in [1.54, 1.807) is 30.8 Å². The molecular weight excluding hydrogens is 198 g/mol. The topological polar surface area (TPSA) is 37.4 Å². The van der Waals surface area contributed by atoms with Crippen molar-refractivity contribution in [1.82, 2.24) is 4.31 Å². The number of nitrogens with zero attached hydrogens (tertiary/aromatic N) is 1. The van der Waals surface area contributed by atoms with E-state index in [0.717, 1.165) is 12.8 Å². The van der Waals surface area contributed by atoms with Gasteiger partial charge >= 0.3 is 0 Å². The molecule has 1 aromatic rings. The molecule has 1 aliphatic rings. The molecule has 0 amide bonds. The summed E-state index contributed by atoms with van der Waals surface area (Å²) in [6.45, 7) is 2.36. The maximum atomic E-state index is 11.9. The number of hydrogen-bond acceptors (Lipinski definition) is 2. The van der Waals surface area contributed by atoms with Crippen LogP contribution in [0.3, 0.4) is 0 Å². The Balaban J connectivity index is 2.33. The first kappa shape index (κ1) is 9.68. The van der Waals surface area contributed by atoms with Gasteiger partial charge in [0.1, 0.15) is 0 Å². The van der Waals surface area contributed by atoms with Gasteiger partial charge < -0.3 is 0 Å². The van der Waals surface area contributed by atoms with Gasteiger partial charge in [-0.1, -0.05) is 18.2 Å². The average Bonchev–Trinajstić information content (AvgIpc) is 2.72. The zero-order valence-electron chi connectivity index (χ0n) is 7.76. The number of benzene rings is 1. The summed E-state index contributed by atoms with van der Waals surface area (Å²) in [5.74, 6) is 0. The van der Waals surface area contributed by atoms with Crippen LogP contribution in [0.15, 0.2) is 35.2 Å². The standard InChI is InChI=1S/C10H12NO2S/c12-14(13,11-8-4-5-9-11)10-6-2-1-3-7-10/h1-3,6-8H,4-5,9H2. The molecule has 0 N–H and O–H groups in total. The number of hydrogen-bond donors (Lipinski definition) is 0. The van der Waals surface area contributed by atoms with Crippen molar-refractivity contribution < 1.29 is 8.42 Å². The smallest absolute Gasteiger partial charge is 0.207 e. The van der Waals surface area contributed by atoms with Crippen LogP contribution in [0.4, 0.5) is 0 Å². The summed E-state index contributed by atoms with van der Waals surface area (Å²) in [5.41, 5.74) is 0. The molecule has 0 aliphatic carbocycles. The Bertz CT molecular complexity index is 393. The molecule has 75 valence electrons. The van der Waals surface area contributed by atoms with E-state index in [1.165, 1.54) is 4.31 Å². The molecule has 14 heavy (non-hydrogen) atoms. The van der Waals surface area contributed by atoms with E-state index in [9.17, 15) is 8.42 Å². The van der Waals surface area contributed by atoms with Crippen molar-refractivity contribution >= 4 is 10.0 Å². The quantitative estimate of drug-likeness (QED) is 0.744. The van der Waals surface area contributed by atoms with Gasteiger partial charge in [0.2, 0.25) is 10.0 Å². The molecule has 0 bridgehead atoms. The van der Waals surface area contributed by atoms with Gasteiger partial charge in [0, 0.05) is 13.1 Å². The van der Waals surface area contributed by atoms with Crippen LogP contribution in [0.25, 0.3) is 0 Å². The Kier molecular flexibility index (Phi) is 2.56. The minimum absolute atomic E-state index is 0.373. The van der Waals surface area contributed by atoms with E-state index < -0.39 is 10.0 Å². The summed E-state index contributed by atoms with van der Waals surface area (Å²) in [4.78, 5) is 0.373. The van der Waals surface area contributed by atoms with Crippen LogP contribution >= 0.6 is 0 Å². The van der Waals surface area contributed by atoms with Crippen molar-refractivity contribution in [3.05, 3.63) is 36.9 Å². The molecule has 1 radical (unpaired) electrons. The van der Waals surface area contributed by atoms with E-state index in [1.807, 2.05) is 6.07 Å². The van der Waals surface area contributed by atoms with Crippen molar-refractivity contribution in [1.29, 1.82) is 0 Å². The molecule has 1 aliphatic heterocycles. The maximum Gasteiger partial charge on any atom is 0.243 e. The SMILES string of the molecule is O=S(=O)(c1ccccc1)N1[CH]CCC1. The van der Waals surface area contributed by atoms with Gasteiger partial charge in [-0.15, -0.1) is 0 Å². The molecule has 0 atom stereocenters. The lowest BCUT2D eigenvalue weighted by molar-refractivity contribution is 0.507. The highest BCUT2D eigenvalue weighted by Gasteiger charge is 2.26. The van der Waals surface area contributed by atoms with Crippen LogP contribution in [0.5, 0.6) is 0 Å². The summed E-state index contributed by atoms with van der Waals surface area (Å²) in [7, 11) is -3.26. The molecule has 0 aromatic heterocycles. The highest BCUT2D eigenvalue weighted by molar-refractivity contribution is 7.89. The van der Waals surface area contributed by atoms with Gasteiger partial charge in [0.05, 0.1) is 4.90 Å². The predicted molar refractivity (Wildman–Crippen MR) is 53.9 cm³/mol. The van der Waals surface area contributed by atoms with Gasteiger partial charge in [-0.3, -0.25) is 0 Å². The predicted octanol–water partition coefficient (Wildman–Crippen LogP) is 1.63. The molecule has 1 heterocycles. The third-order valence-corrected chi connectivity index (χ3v) is 4.08. The molecule has 2 rings (SSSR count). The molecule has 1 fully saturated rings. The maximum absolute atomic E-state index is 11.9. The summed E-state index contributed by atoms with van der Waals surface area (Å²) >= 11 is 0. The fourth-order valence-corrected chi connectivity index (χ4v) is 2.96. The Morgan fingerprint density at radius 3 is 2.43 bits per heavy atom. The fourth-order valence-electron chi connectivity index (χ4n) is 1.52. The second kappa shape index (κ2) is 3.71. The van der Waals surface area contributed by atoms with Crippen LogP contribution in [-0.2, 0) is 10.0 Å². The van der Waals surface area contributed by atoms with Crippen molar-refractivity contribution in [2.24, 2.45) is 0 Å². The first-order valence-electron chi connectivity index (χ1n) is 4.61. The zero-order chi connectivity index (χ0) is 10.0. The number of rotatable bonds is 2. The van der Waals surface area contributed by atoms with Crippen molar-refractivity contribution in [3.8, 4) is 0 Å². The van der Waals surface area contributed by atoms with Crippen molar-refractivity contribution in [2.45, 2.75) is 17.7 Å². The molecule has 4 heteroatoms. The first-order chi connectivity index (χ1) is 6.71.